The van der Waals surface area contributed by atoms with Crippen LogP contribution in [0, 0.1) is 0 Å². The zero-order chi connectivity index (χ0) is 21.7. The van der Waals surface area contributed by atoms with Gasteiger partial charge in [0.1, 0.15) is 18.6 Å². The van der Waals surface area contributed by atoms with Gasteiger partial charge in [0.2, 0.25) is 6.79 Å². The van der Waals surface area contributed by atoms with Crippen LogP contribution >= 0.6 is 0 Å². The number of carbonyl (C=O) groups is 1. The van der Waals surface area contributed by atoms with Gasteiger partial charge in [-0.05, 0) is 42.8 Å². The molecule has 8 heteroatoms. The Bertz CT molecular complexity index is 1000. The SMILES string of the molecule is CC.COC(=O)/C=N/N(C1=C(C)COc2ccc(N)cc21)c1ccc2c(c1)OCO2. The molecule has 0 saturated carbocycles. The Hall–Kier alpha value is -3.68. The molecule has 8 nitrogen and oxygen atoms in total. The van der Waals surface area contributed by atoms with Gasteiger partial charge in [0.25, 0.3) is 0 Å². The molecule has 2 aromatic rings. The molecule has 2 aromatic carbocycles. The van der Waals surface area contributed by atoms with E-state index in [1.807, 2.05) is 39.0 Å². The largest absolute Gasteiger partial charge is 0.488 e. The first-order valence-corrected chi connectivity index (χ1v) is 9.61. The van der Waals surface area contributed by atoms with E-state index in [0.29, 0.717) is 35.2 Å². The van der Waals surface area contributed by atoms with Crippen LogP contribution in [0.5, 0.6) is 17.2 Å². The Morgan fingerprint density at radius 3 is 2.60 bits per heavy atom. The Morgan fingerprint density at radius 1 is 1.10 bits per heavy atom. The van der Waals surface area contributed by atoms with Crippen molar-refractivity contribution in [3.05, 3.63) is 47.5 Å². The molecule has 2 aliphatic rings. The first-order valence-electron chi connectivity index (χ1n) is 9.61. The normalized spacial score (nSPS) is 13.9. The van der Waals surface area contributed by atoms with E-state index in [9.17, 15) is 4.79 Å². The monoisotopic (exact) mass is 411 g/mol. The molecule has 0 unspecified atom stereocenters. The maximum Gasteiger partial charge on any atom is 0.350 e. The van der Waals surface area contributed by atoms with Gasteiger partial charge in [0.05, 0.1) is 18.5 Å². The second kappa shape index (κ2) is 9.21. The van der Waals surface area contributed by atoms with Gasteiger partial charge in [-0.2, -0.15) is 5.10 Å². The van der Waals surface area contributed by atoms with Gasteiger partial charge in [0, 0.05) is 17.3 Å². The molecule has 0 aromatic heterocycles. The number of anilines is 2. The van der Waals surface area contributed by atoms with E-state index < -0.39 is 5.97 Å². The highest BCUT2D eigenvalue weighted by Gasteiger charge is 2.26. The molecule has 0 amide bonds. The maximum atomic E-state index is 11.7. The van der Waals surface area contributed by atoms with Gasteiger partial charge in [-0.25, -0.2) is 9.80 Å². The molecule has 0 spiro atoms. The van der Waals surface area contributed by atoms with Crippen LogP contribution in [0.15, 0.2) is 47.1 Å². The topological polar surface area (TPSA) is 95.6 Å². The summed E-state index contributed by atoms with van der Waals surface area (Å²) in [6.45, 7) is 6.50. The minimum Gasteiger partial charge on any atom is -0.488 e. The molecular weight excluding hydrogens is 386 g/mol. The fraction of sp³-hybridized carbons (Fsp3) is 0.273. The number of carbonyl (C=O) groups excluding carboxylic acids is 1. The number of benzene rings is 2. The molecule has 2 aliphatic heterocycles. The minimum atomic E-state index is -0.566. The lowest BCUT2D eigenvalue weighted by Crippen LogP contribution is -2.23. The van der Waals surface area contributed by atoms with E-state index in [1.165, 1.54) is 7.11 Å². The van der Waals surface area contributed by atoms with Crippen molar-refractivity contribution in [2.75, 3.05) is 31.3 Å². The predicted molar refractivity (Wildman–Crippen MR) is 116 cm³/mol. The molecule has 0 bridgehead atoms. The fourth-order valence-corrected chi connectivity index (χ4v) is 3.07. The average molecular weight is 411 g/mol. The van der Waals surface area contributed by atoms with Crippen molar-refractivity contribution in [3.8, 4) is 17.2 Å². The average Bonchev–Trinajstić information content (AvgIpc) is 3.24. The zero-order valence-corrected chi connectivity index (χ0v) is 17.5. The van der Waals surface area contributed by atoms with E-state index in [2.05, 4.69) is 5.10 Å². The summed E-state index contributed by atoms with van der Waals surface area (Å²) in [5.41, 5.74) is 9.76. The van der Waals surface area contributed by atoms with Crippen molar-refractivity contribution in [3.63, 3.8) is 0 Å². The van der Waals surface area contributed by atoms with Gasteiger partial charge in [0.15, 0.2) is 11.5 Å². The minimum absolute atomic E-state index is 0.166. The smallest absolute Gasteiger partial charge is 0.350 e. The third-order valence-electron chi connectivity index (χ3n) is 4.40. The number of methoxy groups -OCH3 is 1. The van der Waals surface area contributed by atoms with Crippen molar-refractivity contribution < 1.29 is 23.7 Å². The van der Waals surface area contributed by atoms with Crippen molar-refractivity contribution in [2.45, 2.75) is 20.8 Å². The number of nitrogens with zero attached hydrogens (tertiary/aromatic N) is 2. The summed E-state index contributed by atoms with van der Waals surface area (Å²) in [7, 11) is 1.30. The summed E-state index contributed by atoms with van der Waals surface area (Å²) >= 11 is 0. The molecule has 0 radical (unpaired) electrons. The number of nitrogens with two attached hydrogens (primary N) is 1. The number of rotatable bonds is 4. The van der Waals surface area contributed by atoms with Crippen molar-refractivity contribution in [2.24, 2.45) is 5.10 Å². The van der Waals surface area contributed by atoms with E-state index in [1.54, 1.807) is 23.2 Å². The Morgan fingerprint density at radius 2 is 1.83 bits per heavy atom. The van der Waals surface area contributed by atoms with Crippen molar-refractivity contribution >= 4 is 29.3 Å². The molecule has 0 fully saturated rings. The van der Waals surface area contributed by atoms with Crippen LogP contribution in [0.4, 0.5) is 11.4 Å². The maximum absolute atomic E-state index is 11.7. The van der Waals surface area contributed by atoms with Gasteiger partial charge < -0.3 is 24.7 Å². The third kappa shape index (κ3) is 4.17. The van der Waals surface area contributed by atoms with Crippen LogP contribution < -0.4 is 25.0 Å². The number of hydrogen-bond acceptors (Lipinski definition) is 8. The number of fused-ring (bicyclic) bond motifs is 2. The lowest BCUT2D eigenvalue weighted by molar-refractivity contribution is -0.132. The molecule has 4 rings (SSSR count). The highest BCUT2D eigenvalue weighted by atomic mass is 16.7. The van der Waals surface area contributed by atoms with E-state index in [0.717, 1.165) is 23.0 Å². The van der Waals surface area contributed by atoms with E-state index >= 15 is 0 Å². The lowest BCUT2D eigenvalue weighted by atomic mass is 10.0. The second-order valence-electron chi connectivity index (χ2n) is 6.29. The molecule has 158 valence electrons. The number of ether oxygens (including phenoxy) is 4. The molecular formula is C22H25N3O5. The lowest BCUT2D eigenvalue weighted by Gasteiger charge is -2.29. The van der Waals surface area contributed by atoms with Crippen molar-refractivity contribution in [1.29, 1.82) is 0 Å². The van der Waals surface area contributed by atoms with E-state index in [4.69, 9.17) is 24.7 Å². The molecule has 2 N–H and O–H groups in total. The van der Waals surface area contributed by atoms with E-state index in [-0.39, 0.29) is 6.79 Å². The van der Waals surface area contributed by atoms with Gasteiger partial charge in [-0.1, -0.05) is 13.8 Å². The zero-order valence-electron chi connectivity index (χ0n) is 17.5. The van der Waals surface area contributed by atoms with Gasteiger partial charge in [-0.15, -0.1) is 0 Å². The Kier molecular flexibility index (Phi) is 6.46. The Balaban J connectivity index is 0.00000124. The van der Waals surface area contributed by atoms with Crippen LogP contribution in [0.3, 0.4) is 0 Å². The predicted octanol–water partition coefficient (Wildman–Crippen LogP) is 3.81. The number of hydrazone groups is 1. The van der Waals surface area contributed by atoms with Crippen molar-refractivity contribution in [1.82, 2.24) is 0 Å². The quantitative estimate of drug-likeness (QED) is 0.354. The standard InChI is InChI=1S/C20H19N3O5.C2H6/c1-12-10-26-16-5-3-13(21)7-15(16)20(12)23(22-9-19(24)25-2)14-4-6-17-18(8-14)28-11-27-17;1-2/h3-9H,10-11,21H2,1-2H3;1-2H3/b22-9+;. The third-order valence-corrected chi connectivity index (χ3v) is 4.40. The van der Waals surface area contributed by atoms with Crippen LogP contribution in [0.25, 0.3) is 5.70 Å². The van der Waals surface area contributed by atoms with Crippen LogP contribution in [-0.2, 0) is 9.53 Å². The molecule has 0 saturated heterocycles. The second-order valence-corrected chi connectivity index (χ2v) is 6.29. The molecule has 0 aliphatic carbocycles. The Labute approximate surface area is 175 Å². The summed E-state index contributed by atoms with van der Waals surface area (Å²) in [5.74, 6) is 1.38. The molecule has 0 atom stereocenters. The van der Waals surface area contributed by atoms with Crippen LogP contribution in [0.1, 0.15) is 26.3 Å². The molecule has 2 heterocycles. The highest BCUT2D eigenvalue weighted by Crippen LogP contribution is 2.42. The summed E-state index contributed by atoms with van der Waals surface area (Å²) in [4.78, 5) is 11.7. The summed E-state index contributed by atoms with van der Waals surface area (Å²) in [6.07, 6.45) is 1.12. The summed E-state index contributed by atoms with van der Waals surface area (Å²) < 4.78 is 21.4. The highest BCUT2D eigenvalue weighted by molar-refractivity contribution is 6.23. The number of esters is 1. The van der Waals surface area contributed by atoms with Gasteiger partial charge >= 0.3 is 5.97 Å². The van der Waals surface area contributed by atoms with Crippen LogP contribution in [-0.4, -0.2) is 32.7 Å². The fourth-order valence-electron chi connectivity index (χ4n) is 3.07. The first kappa shape index (κ1) is 21.0. The van der Waals surface area contributed by atoms with Gasteiger partial charge in [-0.3, -0.25) is 0 Å². The summed E-state index contributed by atoms with van der Waals surface area (Å²) in [6, 6.07) is 10.9. The first-order chi connectivity index (χ1) is 14.6. The van der Waals surface area contributed by atoms with Crippen LogP contribution in [0.2, 0.25) is 0 Å². The number of nitrogen functional groups attached to an aromatic ring is 1. The number of hydrogen-bond donors (Lipinski definition) is 1. The summed E-state index contributed by atoms with van der Waals surface area (Å²) in [5, 5.41) is 6.02. The molecule has 30 heavy (non-hydrogen) atoms.